The van der Waals surface area contributed by atoms with E-state index < -0.39 is 0 Å². The average Bonchev–Trinajstić information content (AvgIpc) is 1.00. The minimum Gasteiger partial charge on any atom is 0 e. The third-order valence-electron chi connectivity index (χ3n) is 0. The van der Waals surface area contributed by atoms with Gasteiger partial charge in [0.1, 0.15) is 0 Å². The van der Waals surface area contributed by atoms with Gasteiger partial charge in [-0.25, -0.2) is 0 Å². The second-order valence-corrected chi connectivity index (χ2v) is 0. The van der Waals surface area contributed by atoms with Crippen molar-refractivity contribution in [3.05, 3.63) is 0 Å². The Bertz CT molecular complexity index is 6.00. The van der Waals surface area contributed by atoms with E-state index in [1.807, 2.05) is 0 Å². The maximum Gasteiger partial charge on any atom is 0 e. The van der Waals surface area contributed by atoms with Crippen molar-refractivity contribution in [2.75, 3.05) is 0 Å². The summed E-state index contributed by atoms with van der Waals surface area (Å²) >= 11 is 4.25. The van der Waals surface area contributed by atoms with Crippen LogP contribution in [-0.2, 0) is 0 Å². The van der Waals surface area contributed by atoms with E-state index in [2.05, 4.69) is 13.1 Å². The first-order valence-corrected chi connectivity index (χ1v) is 6.36. The van der Waals surface area contributed by atoms with Crippen molar-refractivity contribution in [2.24, 2.45) is 0 Å². The van der Waals surface area contributed by atoms with Crippen molar-refractivity contribution in [3.63, 3.8) is 0 Å². The molecule has 0 rings (SSSR count). The van der Waals surface area contributed by atoms with Gasteiger partial charge in [-0.15, -0.1) is 0 Å². The van der Waals surface area contributed by atoms with Crippen LogP contribution in [0.15, 0.2) is 0 Å². The molecule has 0 aliphatic carbocycles. The summed E-state index contributed by atoms with van der Waals surface area (Å²) in [7, 11) is 0. The molecule has 6 radical (unpaired) electrons. The quantitative estimate of drug-likeness (QED) is 0.469. The van der Waals surface area contributed by atoms with Gasteiger partial charge in [-0.2, -0.15) is 0 Å². The van der Waals surface area contributed by atoms with Gasteiger partial charge in [0.15, 0.2) is 0 Å². The summed E-state index contributed by atoms with van der Waals surface area (Å²) in [5, 5.41) is 0. The maximum absolute atomic E-state index is 2.69. The first-order chi connectivity index (χ1) is 1.00. The zero-order valence-electron chi connectivity index (χ0n) is 1.97. The van der Waals surface area contributed by atoms with Gasteiger partial charge >= 0.3 is 29.1 Å². The molecule has 0 atom stereocenters. The van der Waals surface area contributed by atoms with E-state index in [-0.39, 0.29) is 42.9 Å². The van der Waals surface area contributed by atoms with Crippen LogP contribution in [0.25, 0.3) is 0 Å². The molecule has 0 aromatic carbocycles. The summed E-state index contributed by atoms with van der Waals surface area (Å²) in [5.41, 5.74) is 0. The summed E-state index contributed by atoms with van der Waals surface area (Å²) in [6, 6.07) is 0. The van der Waals surface area contributed by atoms with E-state index >= 15 is 0 Å². The normalized spacial score (nSPS) is 0.750. The predicted molar refractivity (Wildman–Crippen MR) is 23.0 cm³/mol. The molecule has 0 aromatic heterocycles. The Balaban J connectivity index is -0.00000000500. The Morgan fingerprint density at radius 3 is 1.25 bits per heavy atom. The molecule has 0 nitrogen and oxygen atoms in total. The number of hydrogen-bond acceptors (Lipinski definition) is 0. The molecular formula is GaInSe2. The van der Waals surface area contributed by atoms with E-state index in [0.717, 1.165) is 0 Å². The zero-order chi connectivity index (χ0) is 2.00. The molecule has 4 heteroatoms. The van der Waals surface area contributed by atoms with Crippen molar-refractivity contribution in [3.8, 4) is 0 Å². The fraction of sp³-hybridized carbons (Fsp3) is 0. The molecule has 0 saturated carbocycles. The second-order valence-electron chi connectivity index (χ2n) is 0. The topological polar surface area (TPSA) is 0 Å². The molecule has 0 aliphatic heterocycles. The van der Waals surface area contributed by atoms with Gasteiger partial charge in [0, 0.05) is 42.9 Å². The molecule has 0 bridgehead atoms. The first kappa shape index (κ1) is 16.0. The molecule has 0 heterocycles. The van der Waals surface area contributed by atoms with Crippen LogP contribution in [0.3, 0.4) is 0 Å². The van der Waals surface area contributed by atoms with Crippen molar-refractivity contribution in [1.29, 1.82) is 0 Å². The van der Waals surface area contributed by atoms with Crippen molar-refractivity contribution < 1.29 is 0 Å². The summed E-state index contributed by atoms with van der Waals surface area (Å²) in [6.45, 7) is 0. The first-order valence-electron chi connectivity index (χ1n) is 0.236. The minimum atomic E-state index is 0. The SMILES string of the molecule is [Ga]=[Se].[In].[Se]. The fourth-order valence-electron chi connectivity index (χ4n) is 0. The average molecular weight is 342 g/mol. The molecule has 0 N–H and O–H groups in total. The zero-order valence-corrected chi connectivity index (χ0v) is 11.1. The molecule has 0 aromatic rings. The van der Waals surface area contributed by atoms with Crippen LogP contribution >= 0.6 is 0 Å². The Morgan fingerprint density at radius 2 is 1.25 bits per heavy atom. The summed E-state index contributed by atoms with van der Waals surface area (Å²) in [6.07, 6.45) is 0. The molecule has 0 unspecified atom stereocenters. The summed E-state index contributed by atoms with van der Waals surface area (Å²) in [4.78, 5) is 0. The van der Waals surface area contributed by atoms with Gasteiger partial charge in [0.2, 0.25) is 0 Å². The molecule has 0 amide bonds. The smallest absolute Gasteiger partial charge is 0 e. The van der Waals surface area contributed by atoms with Crippen LogP contribution in [0.2, 0.25) is 0 Å². The standard InChI is InChI=1S/Ga.In.2Se. The van der Waals surface area contributed by atoms with Crippen LogP contribution in [0.4, 0.5) is 0 Å². The molecule has 0 fully saturated rings. The van der Waals surface area contributed by atoms with Gasteiger partial charge in [-0.05, 0) is 0 Å². The van der Waals surface area contributed by atoms with Crippen LogP contribution in [0.1, 0.15) is 0 Å². The molecule has 18 valence electrons. The second kappa shape index (κ2) is 17.7. The maximum atomic E-state index is 2.69. The summed E-state index contributed by atoms with van der Waals surface area (Å²) in [5.74, 6) is 0. The Hall–Kier alpha value is 2.55. The number of hydrogen-bond donors (Lipinski definition) is 0. The van der Waals surface area contributed by atoms with Crippen molar-refractivity contribution in [1.82, 2.24) is 0 Å². The monoisotopic (exact) mass is 344 g/mol. The number of rotatable bonds is 0. The van der Waals surface area contributed by atoms with Crippen LogP contribution in [-0.4, -0.2) is 72.0 Å². The molecular weight excluding hydrogens is 342 g/mol. The minimum absolute atomic E-state index is 0. The van der Waals surface area contributed by atoms with Gasteiger partial charge in [0.05, 0.1) is 0 Å². The van der Waals surface area contributed by atoms with Gasteiger partial charge in [-0.1, -0.05) is 0 Å². The van der Waals surface area contributed by atoms with Gasteiger partial charge in [-0.3, -0.25) is 0 Å². The Kier molecular flexibility index (Phi) is 70.8. The molecule has 4 heavy (non-hydrogen) atoms. The largest absolute Gasteiger partial charge is 0 e. The Labute approximate surface area is 70.9 Å². The van der Waals surface area contributed by atoms with Crippen molar-refractivity contribution in [2.45, 2.75) is 0 Å². The molecule has 0 spiro atoms. The van der Waals surface area contributed by atoms with Crippen molar-refractivity contribution >= 4 is 72.0 Å². The Morgan fingerprint density at radius 1 is 1.25 bits per heavy atom. The third-order valence-corrected chi connectivity index (χ3v) is 0. The van der Waals surface area contributed by atoms with E-state index in [0.29, 0.717) is 0 Å². The fourth-order valence-corrected chi connectivity index (χ4v) is 0. The molecule has 0 aliphatic rings. The van der Waals surface area contributed by atoms with Crippen LogP contribution in [0.5, 0.6) is 0 Å². The van der Waals surface area contributed by atoms with E-state index in [9.17, 15) is 0 Å². The molecule has 0 saturated heterocycles. The van der Waals surface area contributed by atoms with Gasteiger partial charge in [0.25, 0.3) is 0 Å². The van der Waals surface area contributed by atoms with Crippen LogP contribution in [0, 0.1) is 0 Å². The van der Waals surface area contributed by atoms with E-state index in [1.54, 1.807) is 16.0 Å². The van der Waals surface area contributed by atoms with Crippen LogP contribution < -0.4 is 0 Å². The third kappa shape index (κ3) is 8.82. The van der Waals surface area contributed by atoms with E-state index in [4.69, 9.17) is 0 Å². The van der Waals surface area contributed by atoms with E-state index in [1.165, 1.54) is 0 Å². The van der Waals surface area contributed by atoms with Gasteiger partial charge < -0.3 is 0 Å². The summed E-state index contributed by atoms with van der Waals surface area (Å²) < 4.78 is 0. The predicted octanol–water partition coefficient (Wildman–Crippen LogP) is -1.52.